The average molecular weight is 544 g/mol. The number of aromatic nitrogens is 2. The van der Waals surface area contributed by atoms with Crippen LogP contribution in [0.3, 0.4) is 0 Å². The molecule has 9 heteroatoms. The number of alkyl halides is 3. The summed E-state index contributed by atoms with van der Waals surface area (Å²) in [6.07, 6.45) is -2.79. The number of carboxylic acid groups (broad SMARTS) is 1. The van der Waals surface area contributed by atoms with Gasteiger partial charge in [-0.1, -0.05) is 54.6 Å². The smallest absolute Gasteiger partial charge is 0.416 e. The van der Waals surface area contributed by atoms with Crippen LogP contribution in [0.15, 0.2) is 97.2 Å². The number of fused-ring (bicyclic) bond motifs is 1. The van der Waals surface area contributed by atoms with E-state index in [1.807, 2.05) is 36.4 Å². The van der Waals surface area contributed by atoms with Gasteiger partial charge in [-0.25, -0.2) is 4.79 Å². The van der Waals surface area contributed by atoms with Crippen LogP contribution in [-0.2, 0) is 12.7 Å². The zero-order chi connectivity index (χ0) is 28.4. The molecule has 5 rings (SSSR count). The van der Waals surface area contributed by atoms with Crippen LogP contribution in [-0.4, -0.2) is 26.8 Å². The first-order valence-electron chi connectivity index (χ1n) is 12.5. The third-order valence-corrected chi connectivity index (χ3v) is 6.70. The van der Waals surface area contributed by atoms with Crippen LogP contribution in [0.5, 0.6) is 0 Å². The van der Waals surface area contributed by atoms with E-state index in [-0.39, 0.29) is 18.0 Å². The first-order chi connectivity index (χ1) is 19.1. The Hall–Kier alpha value is -4.92. The maximum atomic E-state index is 13.7. The molecule has 0 unspecified atom stereocenters. The Balaban J connectivity index is 1.52. The van der Waals surface area contributed by atoms with E-state index in [4.69, 9.17) is 5.11 Å². The van der Waals surface area contributed by atoms with E-state index in [9.17, 15) is 22.8 Å². The van der Waals surface area contributed by atoms with E-state index in [1.54, 1.807) is 36.0 Å². The van der Waals surface area contributed by atoms with Crippen LogP contribution < -0.4 is 5.32 Å². The normalized spacial score (nSPS) is 12.3. The fourth-order valence-corrected chi connectivity index (χ4v) is 4.57. The molecule has 0 fully saturated rings. The molecule has 5 aromatic rings. The van der Waals surface area contributed by atoms with Gasteiger partial charge in [-0.2, -0.15) is 18.3 Å². The highest BCUT2D eigenvalue weighted by atomic mass is 19.4. The van der Waals surface area contributed by atoms with E-state index >= 15 is 0 Å². The maximum absolute atomic E-state index is 13.7. The Morgan fingerprint density at radius 3 is 2.23 bits per heavy atom. The molecule has 1 heterocycles. The van der Waals surface area contributed by atoms with Gasteiger partial charge in [0.05, 0.1) is 41.0 Å². The molecule has 202 valence electrons. The summed E-state index contributed by atoms with van der Waals surface area (Å²) in [7, 11) is 0. The first kappa shape index (κ1) is 26.7. The molecule has 2 N–H and O–H groups in total. The number of amides is 1. The van der Waals surface area contributed by atoms with Crippen LogP contribution in [0.25, 0.3) is 22.0 Å². The predicted molar refractivity (Wildman–Crippen MR) is 145 cm³/mol. The minimum Gasteiger partial charge on any atom is -0.478 e. The van der Waals surface area contributed by atoms with E-state index in [0.717, 1.165) is 28.8 Å². The lowest BCUT2D eigenvalue weighted by molar-refractivity contribution is -0.137. The molecule has 0 saturated heterocycles. The van der Waals surface area contributed by atoms with Gasteiger partial charge in [0.1, 0.15) is 0 Å². The van der Waals surface area contributed by atoms with Crippen LogP contribution in [0.2, 0.25) is 0 Å². The van der Waals surface area contributed by atoms with Crippen molar-refractivity contribution in [3.63, 3.8) is 0 Å². The van der Waals surface area contributed by atoms with Crippen molar-refractivity contribution in [1.82, 2.24) is 15.1 Å². The number of carbonyl (C=O) groups is 2. The zero-order valence-corrected chi connectivity index (χ0v) is 21.3. The number of nitrogens with one attached hydrogen (secondary N) is 1. The van der Waals surface area contributed by atoms with Gasteiger partial charge in [0.15, 0.2) is 0 Å². The SMILES string of the molecule is C[C@H](NC(=O)c1cc(-c2ccccc2)cc2cnn(Cc3ccc(C(F)(F)F)cc3)c12)c1ccc(C(=O)O)cc1. The van der Waals surface area contributed by atoms with Gasteiger partial charge in [-0.3, -0.25) is 9.48 Å². The van der Waals surface area contributed by atoms with Crippen molar-refractivity contribution >= 4 is 22.8 Å². The molecular formula is C31H24F3N3O3. The summed E-state index contributed by atoms with van der Waals surface area (Å²) in [5.74, 6) is -1.41. The lowest BCUT2D eigenvalue weighted by Gasteiger charge is -2.17. The molecule has 6 nitrogen and oxygen atoms in total. The largest absolute Gasteiger partial charge is 0.478 e. The Labute approximate surface area is 227 Å². The average Bonchev–Trinajstić information content (AvgIpc) is 3.35. The second-order valence-electron chi connectivity index (χ2n) is 9.45. The Kier molecular flexibility index (Phi) is 7.13. The molecule has 0 radical (unpaired) electrons. The molecule has 0 spiro atoms. The van der Waals surface area contributed by atoms with Crippen molar-refractivity contribution in [3.05, 3.63) is 125 Å². The van der Waals surface area contributed by atoms with E-state index in [0.29, 0.717) is 22.0 Å². The van der Waals surface area contributed by atoms with Gasteiger partial charge >= 0.3 is 12.1 Å². The molecule has 1 amide bonds. The summed E-state index contributed by atoms with van der Waals surface area (Å²) in [6.45, 7) is 1.96. The number of rotatable bonds is 7. The van der Waals surface area contributed by atoms with E-state index < -0.39 is 23.8 Å². The molecule has 0 aliphatic carbocycles. The second kappa shape index (κ2) is 10.7. The number of halogens is 3. The molecular weight excluding hydrogens is 519 g/mol. The van der Waals surface area contributed by atoms with Crippen molar-refractivity contribution in [3.8, 4) is 11.1 Å². The van der Waals surface area contributed by atoms with Gasteiger partial charge in [-0.05, 0) is 65.6 Å². The summed E-state index contributed by atoms with van der Waals surface area (Å²) in [5, 5.41) is 17.3. The Morgan fingerprint density at radius 1 is 0.925 bits per heavy atom. The highest BCUT2D eigenvalue weighted by molar-refractivity contribution is 6.07. The van der Waals surface area contributed by atoms with Crippen LogP contribution in [0.1, 0.15) is 50.4 Å². The maximum Gasteiger partial charge on any atom is 0.416 e. The van der Waals surface area contributed by atoms with E-state index in [1.165, 1.54) is 24.3 Å². The number of hydrogen-bond acceptors (Lipinski definition) is 3. The number of aromatic carboxylic acids is 1. The third-order valence-electron chi connectivity index (χ3n) is 6.70. The van der Waals surface area contributed by atoms with E-state index in [2.05, 4.69) is 10.4 Å². The van der Waals surface area contributed by atoms with Crippen molar-refractivity contribution in [2.75, 3.05) is 0 Å². The summed E-state index contributed by atoms with van der Waals surface area (Å²) >= 11 is 0. The quantitative estimate of drug-likeness (QED) is 0.232. The van der Waals surface area contributed by atoms with Crippen molar-refractivity contribution in [1.29, 1.82) is 0 Å². The Bertz CT molecular complexity index is 1680. The molecule has 0 saturated carbocycles. The number of carbonyl (C=O) groups excluding carboxylic acids is 1. The van der Waals surface area contributed by atoms with Gasteiger partial charge in [0.2, 0.25) is 0 Å². The molecule has 1 atom stereocenters. The lowest BCUT2D eigenvalue weighted by atomic mass is 9.99. The van der Waals surface area contributed by atoms with Gasteiger partial charge in [0.25, 0.3) is 5.91 Å². The summed E-state index contributed by atoms with van der Waals surface area (Å²) in [5.41, 5.74) is 3.36. The number of nitrogens with zero attached hydrogens (tertiary/aromatic N) is 2. The molecule has 1 aromatic heterocycles. The summed E-state index contributed by atoms with van der Waals surface area (Å²) in [4.78, 5) is 24.9. The van der Waals surface area contributed by atoms with Gasteiger partial charge in [-0.15, -0.1) is 0 Å². The first-order valence-corrected chi connectivity index (χ1v) is 12.5. The molecule has 0 aliphatic heterocycles. The fourth-order valence-electron chi connectivity index (χ4n) is 4.57. The summed E-state index contributed by atoms with van der Waals surface area (Å²) in [6, 6.07) is 23.9. The molecule has 0 bridgehead atoms. The summed E-state index contributed by atoms with van der Waals surface area (Å²) < 4.78 is 40.7. The second-order valence-corrected chi connectivity index (χ2v) is 9.45. The molecule has 4 aromatic carbocycles. The van der Waals surface area contributed by atoms with Gasteiger partial charge < -0.3 is 10.4 Å². The fraction of sp³-hybridized carbons (Fsp3) is 0.129. The molecule has 0 aliphatic rings. The lowest BCUT2D eigenvalue weighted by Crippen LogP contribution is -2.27. The molecule has 40 heavy (non-hydrogen) atoms. The topological polar surface area (TPSA) is 84.2 Å². The van der Waals surface area contributed by atoms with Crippen molar-refractivity contribution < 1.29 is 27.9 Å². The van der Waals surface area contributed by atoms with Gasteiger partial charge in [0, 0.05) is 5.39 Å². The van der Waals surface area contributed by atoms with Crippen molar-refractivity contribution in [2.24, 2.45) is 0 Å². The predicted octanol–water partition coefficient (Wildman–Crippen LogP) is 6.96. The monoisotopic (exact) mass is 543 g/mol. The highest BCUT2D eigenvalue weighted by Crippen LogP contribution is 2.31. The van der Waals surface area contributed by atoms with Crippen LogP contribution >= 0.6 is 0 Å². The minimum absolute atomic E-state index is 0.145. The standard InChI is InChI=1S/C31H24F3N3O3/c1-19(21-9-11-23(12-10-21)30(39)40)36-29(38)27-16-24(22-5-3-2-4-6-22)15-25-17-35-37(28(25)27)18-20-7-13-26(14-8-20)31(32,33)34/h2-17,19H,18H2,1H3,(H,36,38)(H,39,40)/t19-/m0/s1. The number of benzene rings is 4. The highest BCUT2D eigenvalue weighted by Gasteiger charge is 2.30. The zero-order valence-electron chi connectivity index (χ0n) is 21.3. The van der Waals surface area contributed by atoms with Crippen LogP contribution in [0, 0.1) is 0 Å². The number of carboxylic acids is 1. The number of hydrogen-bond donors (Lipinski definition) is 2. The van der Waals surface area contributed by atoms with Crippen molar-refractivity contribution in [2.45, 2.75) is 25.7 Å². The Morgan fingerprint density at radius 2 is 1.60 bits per heavy atom. The minimum atomic E-state index is -4.43. The van der Waals surface area contributed by atoms with Crippen LogP contribution in [0.4, 0.5) is 13.2 Å². The third kappa shape index (κ3) is 5.58.